The Bertz CT molecular complexity index is 151. The van der Waals surface area contributed by atoms with Crippen molar-refractivity contribution in [2.75, 3.05) is 34.4 Å². The van der Waals surface area contributed by atoms with Crippen molar-refractivity contribution < 1.29 is 24.5 Å². The molecular weight excluding hydrogens is 178 g/mol. The summed E-state index contributed by atoms with van der Waals surface area (Å²) in [5.41, 5.74) is 0. The van der Waals surface area contributed by atoms with E-state index in [-0.39, 0.29) is 5.91 Å². The Balaban J connectivity index is 0. The van der Waals surface area contributed by atoms with Crippen LogP contribution in [0.1, 0.15) is 0 Å². The fourth-order valence-electron chi connectivity index (χ4n) is 0.206. The molecule has 0 aromatic carbocycles. The maximum Gasteiger partial charge on any atom is 0.331 e. The second kappa shape index (κ2) is 8.95. The lowest BCUT2D eigenvalue weighted by Gasteiger charge is -2.05. The molecule has 0 heterocycles. The van der Waals surface area contributed by atoms with Crippen LogP contribution >= 0.6 is 0 Å². The Morgan fingerprint density at radius 1 is 1.23 bits per heavy atom. The molecule has 0 aromatic rings. The largest absolute Gasteiger partial charge is 0.467 e. The molecule has 0 saturated carbocycles. The molecule has 0 unspecified atom stereocenters. The van der Waals surface area contributed by atoms with Gasteiger partial charge < -0.3 is 19.8 Å². The molecule has 1 amide bonds. The van der Waals surface area contributed by atoms with Crippen molar-refractivity contribution >= 4 is 11.9 Å². The van der Waals surface area contributed by atoms with E-state index in [1.807, 2.05) is 0 Å². The van der Waals surface area contributed by atoms with Crippen molar-refractivity contribution in [2.45, 2.75) is 0 Å². The number of aliphatic hydroxyl groups excluding tert-OH is 2. The number of esters is 1. The second-order valence-corrected chi connectivity index (χ2v) is 2.18. The number of amides is 1. The first-order valence-electron chi connectivity index (χ1n) is 3.48. The zero-order valence-electron chi connectivity index (χ0n) is 7.98. The van der Waals surface area contributed by atoms with Gasteiger partial charge in [-0.25, -0.2) is 4.79 Å². The maximum atomic E-state index is 10.2. The van der Waals surface area contributed by atoms with Crippen molar-refractivity contribution in [1.82, 2.24) is 4.90 Å². The molecule has 0 aromatic heterocycles. The van der Waals surface area contributed by atoms with E-state index in [0.29, 0.717) is 0 Å². The Kier molecular flexibility index (Phi) is 9.91. The summed E-state index contributed by atoms with van der Waals surface area (Å²) in [6, 6.07) is 0. The van der Waals surface area contributed by atoms with E-state index in [9.17, 15) is 9.59 Å². The van der Waals surface area contributed by atoms with E-state index in [1.165, 1.54) is 12.0 Å². The van der Waals surface area contributed by atoms with Gasteiger partial charge in [-0.1, -0.05) is 0 Å². The van der Waals surface area contributed by atoms with Gasteiger partial charge in [0.15, 0.2) is 0 Å². The number of hydrogen-bond acceptors (Lipinski definition) is 5. The van der Waals surface area contributed by atoms with Crippen LogP contribution in [-0.2, 0) is 14.3 Å². The first-order valence-corrected chi connectivity index (χ1v) is 3.48. The number of ether oxygens (including phenoxy) is 1. The molecule has 6 nitrogen and oxygen atoms in total. The lowest BCUT2D eigenvalue weighted by Crippen LogP contribution is -2.24. The van der Waals surface area contributed by atoms with Crippen molar-refractivity contribution in [2.24, 2.45) is 0 Å². The highest BCUT2D eigenvalue weighted by molar-refractivity contribution is 5.76. The molecule has 0 aliphatic carbocycles. The van der Waals surface area contributed by atoms with Crippen LogP contribution in [0.25, 0.3) is 0 Å². The number of carbonyl (C=O) groups excluding carboxylic acids is 2. The third kappa shape index (κ3) is 10.9. The van der Waals surface area contributed by atoms with E-state index in [1.54, 1.807) is 14.1 Å². The monoisotopic (exact) mass is 193 g/mol. The fraction of sp³-hybridized carbons (Fsp3) is 0.714. The smallest absolute Gasteiger partial charge is 0.331 e. The lowest BCUT2D eigenvalue weighted by molar-refractivity contribution is -0.143. The number of methoxy groups -OCH3 is 1. The van der Waals surface area contributed by atoms with Crippen LogP contribution in [0.15, 0.2) is 0 Å². The number of likely N-dealkylation sites (N-methyl/N-ethyl adjacent to an activating group) is 1. The van der Waals surface area contributed by atoms with E-state index in [4.69, 9.17) is 10.2 Å². The molecule has 2 N–H and O–H groups in total. The van der Waals surface area contributed by atoms with Gasteiger partial charge in [-0.3, -0.25) is 4.79 Å². The summed E-state index contributed by atoms with van der Waals surface area (Å²) in [4.78, 5) is 21.2. The minimum absolute atomic E-state index is 0.264. The van der Waals surface area contributed by atoms with Crippen molar-refractivity contribution in [3.8, 4) is 0 Å². The molecular formula is C7H15NO5. The van der Waals surface area contributed by atoms with Crippen LogP contribution < -0.4 is 0 Å². The van der Waals surface area contributed by atoms with Gasteiger partial charge in [0.1, 0.15) is 13.2 Å². The summed E-state index contributed by atoms with van der Waals surface area (Å²) in [6.45, 7) is -0.927. The minimum Gasteiger partial charge on any atom is -0.467 e. The Labute approximate surface area is 76.7 Å². The first kappa shape index (κ1) is 14.4. The summed E-state index contributed by atoms with van der Waals surface area (Å²) in [5, 5.41) is 16.0. The van der Waals surface area contributed by atoms with Gasteiger partial charge in [-0.05, 0) is 0 Å². The number of hydrogen-bond donors (Lipinski definition) is 2. The topological polar surface area (TPSA) is 87.1 Å². The first-order chi connectivity index (χ1) is 5.99. The summed E-state index contributed by atoms with van der Waals surface area (Å²) in [5.74, 6) is -0.866. The van der Waals surface area contributed by atoms with Gasteiger partial charge in [-0.2, -0.15) is 0 Å². The Hall–Kier alpha value is -1.14. The predicted molar refractivity (Wildman–Crippen MR) is 44.9 cm³/mol. The normalized spacial score (nSPS) is 8.08. The highest BCUT2D eigenvalue weighted by Gasteiger charge is 1.96. The fourth-order valence-corrected chi connectivity index (χ4v) is 0.206. The van der Waals surface area contributed by atoms with Crippen molar-refractivity contribution in [3.05, 3.63) is 0 Å². The highest BCUT2D eigenvalue weighted by atomic mass is 16.5. The summed E-state index contributed by atoms with van der Waals surface area (Å²) < 4.78 is 4.01. The van der Waals surface area contributed by atoms with Gasteiger partial charge in [0.2, 0.25) is 5.91 Å². The molecule has 13 heavy (non-hydrogen) atoms. The summed E-state index contributed by atoms with van der Waals surface area (Å²) in [7, 11) is 4.41. The summed E-state index contributed by atoms with van der Waals surface area (Å²) >= 11 is 0. The third-order valence-electron chi connectivity index (χ3n) is 0.991. The zero-order valence-corrected chi connectivity index (χ0v) is 7.98. The van der Waals surface area contributed by atoms with Gasteiger partial charge >= 0.3 is 5.97 Å². The number of aliphatic hydroxyl groups is 2. The molecule has 0 rings (SSSR count). The second-order valence-electron chi connectivity index (χ2n) is 2.18. The average molecular weight is 193 g/mol. The number of nitrogens with zero attached hydrogens (tertiary/aromatic N) is 1. The van der Waals surface area contributed by atoms with Gasteiger partial charge in [-0.15, -0.1) is 0 Å². The summed E-state index contributed by atoms with van der Waals surface area (Å²) in [6.07, 6.45) is 0. The van der Waals surface area contributed by atoms with Crippen LogP contribution in [0.4, 0.5) is 0 Å². The van der Waals surface area contributed by atoms with E-state index >= 15 is 0 Å². The molecule has 0 aliphatic heterocycles. The van der Waals surface area contributed by atoms with E-state index in [2.05, 4.69) is 4.74 Å². The molecule has 0 fully saturated rings. The minimum atomic E-state index is -0.602. The van der Waals surface area contributed by atoms with Crippen LogP contribution in [0.2, 0.25) is 0 Å². The molecule has 0 radical (unpaired) electrons. The van der Waals surface area contributed by atoms with E-state index in [0.717, 1.165) is 0 Å². The van der Waals surface area contributed by atoms with Crippen LogP contribution in [-0.4, -0.2) is 61.4 Å². The molecule has 0 saturated heterocycles. The maximum absolute atomic E-state index is 10.2. The third-order valence-corrected chi connectivity index (χ3v) is 0.991. The SMILES string of the molecule is CN(C)C(=O)CO.COC(=O)CO. The van der Waals surface area contributed by atoms with E-state index < -0.39 is 19.2 Å². The average Bonchev–Trinajstić information content (AvgIpc) is 2.16. The molecule has 78 valence electrons. The Morgan fingerprint density at radius 2 is 1.69 bits per heavy atom. The van der Waals surface area contributed by atoms with Crippen LogP contribution in [0, 0.1) is 0 Å². The van der Waals surface area contributed by atoms with Crippen LogP contribution in [0.5, 0.6) is 0 Å². The van der Waals surface area contributed by atoms with Gasteiger partial charge in [0.05, 0.1) is 7.11 Å². The number of rotatable bonds is 2. The van der Waals surface area contributed by atoms with Gasteiger partial charge in [0.25, 0.3) is 0 Å². The molecule has 0 atom stereocenters. The zero-order chi connectivity index (χ0) is 10.9. The molecule has 0 bridgehead atoms. The molecule has 6 heteroatoms. The van der Waals surface area contributed by atoms with Crippen molar-refractivity contribution in [3.63, 3.8) is 0 Å². The van der Waals surface area contributed by atoms with Crippen LogP contribution in [0.3, 0.4) is 0 Å². The lowest BCUT2D eigenvalue weighted by atomic mass is 10.6. The molecule has 0 spiro atoms. The number of carbonyl (C=O) groups is 2. The quantitative estimate of drug-likeness (QED) is 0.506. The Morgan fingerprint density at radius 3 is 1.69 bits per heavy atom. The van der Waals surface area contributed by atoms with Crippen molar-refractivity contribution in [1.29, 1.82) is 0 Å². The molecule has 0 aliphatic rings. The standard InChI is InChI=1S/C4H9NO2.C3H6O3/c1-5(2)4(7)3-6;1-6-3(5)2-4/h6H,3H2,1-2H3;4H,2H2,1H3. The predicted octanol–water partition coefficient (Wildman–Crippen LogP) is -1.78. The highest BCUT2D eigenvalue weighted by Crippen LogP contribution is 1.71. The van der Waals surface area contributed by atoms with Gasteiger partial charge in [0, 0.05) is 14.1 Å².